The molecule has 0 spiro atoms. The lowest BCUT2D eigenvalue weighted by molar-refractivity contribution is 0.0955. The molecule has 0 aliphatic rings. The van der Waals surface area contributed by atoms with Crippen LogP contribution in [-0.4, -0.2) is 20.5 Å². The summed E-state index contributed by atoms with van der Waals surface area (Å²) in [6, 6.07) is 32.5. The molecule has 0 heterocycles. The number of benzene rings is 5. The van der Waals surface area contributed by atoms with Crippen LogP contribution in [0.2, 0.25) is 0 Å². The molecule has 0 saturated heterocycles. The summed E-state index contributed by atoms with van der Waals surface area (Å²) < 4.78 is 27.5. The Morgan fingerprint density at radius 1 is 0.714 bits per heavy atom. The SMILES string of the molecule is O=C(NN=Cc1c2ccccc2cc2ccccc12)c1ccc(NS(=O)(=O)c2ccccc2)cc1. The highest BCUT2D eigenvalue weighted by Crippen LogP contribution is 2.27. The molecule has 0 aliphatic heterocycles. The van der Waals surface area contributed by atoms with Crippen LogP contribution >= 0.6 is 0 Å². The highest BCUT2D eigenvalue weighted by molar-refractivity contribution is 7.92. The second kappa shape index (κ2) is 9.40. The van der Waals surface area contributed by atoms with Crippen molar-refractivity contribution in [2.45, 2.75) is 4.90 Å². The van der Waals surface area contributed by atoms with Crippen molar-refractivity contribution >= 4 is 49.4 Å². The van der Waals surface area contributed by atoms with Gasteiger partial charge in [0, 0.05) is 16.8 Å². The van der Waals surface area contributed by atoms with Gasteiger partial charge in [-0.3, -0.25) is 9.52 Å². The summed E-state index contributed by atoms with van der Waals surface area (Å²) in [7, 11) is -3.70. The number of nitrogens with one attached hydrogen (secondary N) is 2. The Labute approximate surface area is 203 Å². The van der Waals surface area contributed by atoms with Crippen LogP contribution in [-0.2, 0) is 10.0 Å². The molecule has 0 aromatic heterocycles. The summed E-state index contributed by atoms with van der Waals surface area (Å²) in [6.45, 7) is 0. The van der Waals surface area contributed by atoms with Crippen LogP contribution in [0.5, 0.6) is 0 Å². The van der Waals surface area contributed by atoms with Gasteiger partial charge in [0.2, 0.25) is 0 Å². The van der Waals surface area contributed by atoms with Gasteiger partial charge in [-0.2, -0.15) is 5.10 Å². The summed E-state index contributed by atoms with van der Waals surface area (Å²) in [6.07, 6.45) is 1.66. The summed E-state index contributed by atoms with van der Waals surface area (Å²) in [4.78, 5) is 12.8. The summed E-state index contributed by atoms with van der Waals surface area (Å²) >= 11 is 0. The highest BCUT2D eigenvalue weighted by Gasteiger charge is 2.14. The Bertz CT molecular complexity index is 1610. The largest absolute Gasteiger partial charge is 0.280 e. The van der Waals surface area contributed by atoms with Gasteiger partial charge in [0.25, 0.3) is 15.9 Å². The van der Waals surface area contributed by atoms with Gasteiger partial charge in [-0.05, 0) is 64.0 Å². The van der Waals surface area contributed by atoms with E-state index in [9.17, 15) is 13.2 Å². The van der Waals surface area contributed by atoms with Gasteiger partial charge in [0.1, 0.15) is 0 Å². The van der Waals surface area contributed by atoms with Crippen molar-refractivity contribution in [1.29, 1.82) is 0 Å². The Balaban J connectivity index is 1.33. The van der Waals surface area contributed by atoms with Crippen molar-refractivity contribution in [3.05, 3.63) is 120 Å². The zero-order valence-electron chi connectivity index (χ0n) is 18.5. The first-order valence-electron chi connectivity index (χ1n) is 10.9. The number of sulfonamides is 1. The number of hydrogen-bond acceptors (Lipinski definition) is 4. The molecule has 5 aromatic rings. The number of hydrogen-bond donors (Lipinski definition) is 2. The van der Waals surface area contributed by atoms with Crippen LogP contribution in [0.3, 0.4) is 0 Å². The summed E-state index contributed by atoms with van der Waals surface area (Å²) in [5.74, 6) is -0.400. The van der Waals surface area contributed by atoms with Crippen LogP contribution in [0.25, 0.3) is 21.5 Å². The van der Waals surface area contributed by atoms with Gasteiger partial charge in [0.05, 0.1) is 11.1 Å². The minimum atomic E-state index is -3.70. The van der Waals surface area contributed by atoms with E-state index in [0.717, 1.165) is 27.1 Å². The Morgan fingerprint density at radius 2 is 1.29 bits per heavy atom. The normalized spacial score (nSPS) is 11.7. The van der Waals surface area contributed by atoms with Crippen LogP contribution in [0.15, 0.2) is 119 Å². The van der Waals surface area contributed by atoms with Gasteiger partial charge >= 0.3 is 0 Å². The molecular formula is C28H21N3O3S. The fourth-order valence-corrected chi connectivity index (χ4v) is 4.99. The van der Waals surface area contributed by atoms with E-state index < -0.39 is 15.9 Å². The van der Waals surface area contributed by atoms with E-state index in [1.807, 2.05) is 48.5 Å². The minimum Gasteiger partial charge on any atom is -0.280 e. The maximum absolute atomic E-state index is 12.6. The van der Waals surface area contributed by atoms with Gasteiger partial charge < -0.3 is 0 Å². The van der Waals surface area contributed by atoms with Crippen LogP contribution in [0.1, 0.15) is 15.9 Å². The van der Waals surface area contributed by atoms with E-state index in [0.29, 0.717) is 11.3 Å². The zero-order chi connectivity index (χ0) is 24.3. The molecule has 1 amide bonds. The standard InChI is InChI=1S/C28H21N3O3S/c32-28(20-14-16-23(17-15-20)31-35(33,34)24-10-2-1-3-11-24)30-29-19-27-25-12-6-4-8-21(25)18-22-9-5-7-13-26(22)27/h1-19,31H,(H,30,32). The quantitative estimate of drug-likeness (QED) is 0.190. The number of carbonyl (C=O) groups is 1. The van der Waals surface area contributed by atoms with Crippen molar-refractivity contribution in [3.63, 3.8) is 0 Å². The smallest absolute Gasteiger partial charge is 0.271 e. The Hall–Kier alpha value is -4.49. The van der Waals surface area contributed by atoms with Crippen molar-refractivity contribution < 1.29 is 13.2 Å². The molecular weight excluding hydrogens is 458 g/mol. The molecule has 2 N–H and O–H groups in total. The third-order valence-corrected chi connectivity index (χ3v) is 7.02. The van der Waals surface area contributed by atoms with Crippen LogP contribution in [0.4, 0.5) is 5.69 Å². The highest BCUT2D eigenvalue weighted by atomic mass is 32.2. The molecule has 0 fully saturated rings. The first-order valence-corrected chi connectivity index (χ1v) is 12.4. The monoisotopic (exact) mass is 479 g/mol. The van der Waals surface area contributed by atoms with Gasteiger partial charge in [0.15, 0.2) is 0 Å². The molecule has 0 atom stereocenters. The topological polar surface area (TPSA) is 87.6 Å². The van der Waals surface area contributed by atoms with Crippen molar-refractivity contribution in [3.8, 4) is 0 Å². The molecule has 172 valence electrons. The molecule has 5 rings (SSSR count). The second-order valence-corrected chi connectivity index (χ2v) is 9.61. The molecule has 6 nitrogen and oxygen atoms in total. The second-order valence-electron chi connectivity index (χ2n) is 7.93. The Kier molecular flexibility index (Phi) is 5.99. The van der Waals surface area contributed by atoms with Gasteiger partial charge in [-0.15, -0.1) is 0 Å². The first-order chi connectivity index (χ1) is 17.0. The fraction of sp³-hybridized carbons (Fsp3) is 0. The van der Waals surface area contributed by atoms with Crippen LogP contribution < -0.4 is 10.1 Å². The molecule has 35 heavy (non-hydrogen) atoms. The lowest BCUT2D eigenvalue weighted by Crippen LogP contribution is -2.18. The molecule has 7 heteroatoms. The lowest BCUT2D eigenvalue weighted by Gasteiger charge is -2.09. The number of carbonyl (C=O) groups excluding carboxylic acids is 1. The predicted molar refractivity (Wildman–Crippen MR) is 140 cm³/mol. The van der Waals surface area contributed by atoms with Crippen molar-refractivity contribution in [2.75, 3.05) is 4.72 Å². The third-order valence-electron chi connectivity index (χ3n) is 5.63. The lowest BCUT2D eigenvalue weighted by atomic mass is 9.97. The van der Waals surface area contributed by atoms with E-state index in [1.165, 1.54) is 24.3 Å². The number of anilines is 1. The number of fused-ring (bicyclic) bond motifs is 2. The zero-order valence-corrected chi connectivity index (χ0v) is 19.4. The number of rotatable bonds is 6. The fourth-order valence-electron chi connectivity index (χ4n) is 3.91. The van der Waals surface area contributed by atoms with E-state index >= 15 is 0 Å². The predicted octanol–water partition coefficient (Wildman–Crippen LogP) is 5.56. The van der Waals surface area contributed by atoms with E-state index in [2.05, 4.69) is 21.3 Å². The number of nitrogens with zero attached hydrogens (tertiary/aromatic N) is 1. The maximum Gasteiger partial charge on any atom is 0.271 e. The molecule has 5 aromatic carbocycles. The van der Waals surface area contributed by atoms with Crippen molar-refractivity contribution in [1.82, 2.24) is 5.43 Å². The third kappa shape index (κ3) is 4.76. The van der Waals surface area contributed by atoms with Gasteiger partial charge in [-0.25, -0.2) is 13.8 Å². The minimum absolute atomic E-state index is 0.164. The van der Waals surface area contributed by atoms with Crippen LogP contribution in [0, 0.1) is 0 Å². The number of hydrazone groups is 1. The van der Waals surface area contributed by atoms with E-state index in [1.54, 1.807) is 36.5 Å². The molecule has 0 bridgehead atoms. The average molecular weight is 480 g/mol. The molecule has 0 saturated carbocycles. The molecule has 0 aliphatic carbocycles. The summed E-state index contributed by atoms with van der Waals surface area (Å²) in [5.41, 5.74) is 4.20. The van der Waals surface area contributed by atoms with E-state index in [-0.39, 0.29) is 4.90 Å². The van der Waals surface area contributed by atoms with E-state index in [4.69, 9.17) is 0 Å². The van der Waals surface area contributed by atoms with Crippen molar-refractivity contribution in [2.24, 2.45) is 5.10 Å². The average Bonchev–Trinajstić information content (AvgIpc) is 2.89. The first kappa shape index (κ1) is 22.3. The van der Waals surface area contributed by atoms with Gasteiger partial charge in [-0.1, -0.05) is 66.7 Å². The summed E-state index contributed by atoms with van der Waals surface area (Å²) in [5, 5.41) is 8.47. The maximum atomic E-state index is 12.6. The Morgan fingerprint density at radius 3 is 1.91 bits per heavy atom. The molecule has 0 unspecified atom stereocenters. The number of amides is 1. The molecule has 0 radical (unpaired) electrons.